The van der Waals surface area contributed by atoms with E-state index >= 15 is 0 Å². The lowest BCUT2D eigenvalue weighted by Crippen LogP contribution is -2.35. The van der Waals surface area contributed by atoms with Crippen LogP contribution in [0.2, 0.25) is 0 Å². The fourth-order valence-corrected chi connectivity index (χ4v) is 2.67. The average molecular weight is 274 g/mol. The molecule has 0 saturated carbocycles. The lowest BCUT2D eigenvalue weighted by molar-refractivity contribution is 0.429. The minimum atomic E-state index is -2.87. The Hall–Kier alpha value is -0.850. The van der Waals surface area contributed by atoms with Crippen LogP contribution in [0.1, 0.15) is 31.9 Å². The Morgan fingerprint density at radius 1 is 1.44 bits per heavy atom. The number of aryl methyl sites for hydroxylation is 1. The van der Waals surface area contributed by atoms with Crippen LogP contribution in [-0.4, -0.2) is 26.0 Å². The molecule has 3 N–H and O–H groups in total. The zero-order valence-electron chi connectivity index (χ0n) is 10.8. The van der Waals surface area contributed by atoms with Crippen molar-refractivity contribution in [3.63, 3.8) is 0 Å². The van der Waals surface area contributed by atoms with E-state index < -0.39 is 9.84 Å². The van der Waals surface area contributed by atoms with Crippen LogP contribution in [0.3, 0.4) is 0 Å². The number of nitrogens with one attached hydrogen (secondary N) is 1. The number of nitrogens with two attached hydrogens (primary N) is 1. The van der Waals surface area contributed by atoms with Crippen LogP contribution >= 0.6 is 0 Å². The summed E-state index contributed by atoms with van der Waals surface area (Å²) in [5.41, 5.74) is 2.73. The van der Waals surface area contributed by atoms with Gasteiger partial charge in [0.2, 0.25) is 0 Å². The molecule has 1 heterocycles. The van der Waals surface area contributed by atoms with Gasteiger partial charge < -0.3 is 4.42 Å². The molecule has 5 nitrogen and oxygen atoms in total. The Labute approximate surface area is 109 Å². The Balaban J connectivity index is 2.25. The maximum atomic E-state index is 11.3. The third-order valence-electron chi connectivity index (χ3n) is 3.00. The van der Waals surface area contributed by atoms with E-state index in [4.69, 9.17) is 10.3 Å². The molecule has 1 aromatic heterocycles. The Bertz CT molecular complexity index is 415. The van der Waals surface area contributed by atoms with Gasteiger partial charge in [0.1, 0.15) is 15.6 Å². The zero-order valence-corrected chi connectivity index (χ0v) is 11.6. The van der Waals surface area contributed by atoms with Crippen LogP contribution < -0.4 is 11.3 Å². The molecule has 0 spiro atoms. The second kappa shape index (κ2) is 7.56. The van der Waals surface area contributed by atoms with Gasteiger partial charge in [-0.15, -0.1) is 0 Å². The maximum absolute atomic E-state index is 11.3. The monoisotopic (exact) mass is 274 g/mol. The summed E-state index contributed by atoms with van der Waals surface area (Å²) in [5, 5.41) is 0. The van der Waals surface area contributed by atoms with Crippen molar-refractivity contribution in [1.82, 2.24) is 5.43 Å². The van der Waals surface area contributed by atoms with Crippen LogP contribution in [0.15, 0.2) is 22.8 Å². The van der Waals surface area contributed by atoms with Gasteiger partial charge >= 0.3 is 0 Å². The van der Waals surface area contributed by atoms with Crippen molar-refractivity contribution in [3.05, 3.63) is 24.2 Å². The molecule has 6 heteroatoms. The number of furan rings is 1. The predicted octanol–water partition coefficient (Wildman–Crippen LogP) is 1.26. The standard InChI is InChI=1S/C12H22N2O3S/c1-2-18(15,16)10-4-5-11(14-13)7-8-12-6-3-9-17-12/h3,6,9,11,14H,2,4-5,7-8,10,13H2,1H3. The average Bonchev–Trinajstić information content (AvgIpc) is 2.86. The van der Waals surface area contributed by atoms with E-state index in [1.165, 1.54) is 0 Å². The van der Waals surface area contributed by atoms with Crippen molar-refractivity contribution in [1.29, 1.82) is 0 Å². The van der Waals surface area contributed by atoms with E-state index in [0.717, 1.165) is 25.0 Å². The molecule has 0 amide bonds. The Kier molecular flexibility index (Phi) is 6.38. The summed E-state index contributed by atoms with van der Waals surface area (Å²) in [5.74, 6) is 6.84. The van der Waals surface area contributed by atoms with Gasteiger partial charge in [-0.25, -0.2) is 8.42 Å². The van der Waals surface area contributed by atoms with Crippen LogP contribution in [0.5, 0.6) is 0 Å². The largest absolute Gasteiger partial charge is 0.469 e. The molecule has 1 aromatic rings. The fourth-order valence-electron chi connectivity index (χ4n) is 1.78. The van der Waals surface area contributed by atoms with E-state index in [-0.39, 0.29) is 17.5 Å². The highest BCUT2D eigenvalue weighted by molar-refractivity contribution is 7.91. The SMILES string of the molecule is CCS(=O)(=O)CCCC(CCc1ccco1)NN. The van der Waals surface area contributed by atoms with Crippen molar-refractivity contribution >= 4 is 9.84 Å². The van der Waals surface area contributed by atoms with Crippen molar-refractivity contribution in [2.75, 3.05) is 11.5 Å². The van der Waals surface area contributed by atoms with Gasteiger partial charge in [0.25, 0.3) is 0 Å². The van der Waals surface area contributed by atoms with E-state index in [1.54, 1.807) is 13.2 Å². The normalized spacial score (nSPS) is 13.7. The van der Waals surface area contributed by atoms with Gasteiger partial charge in [0, 0.05) is 18.2 Å². The first-order valence-electron chi connectivity index (χ1n) is 6.26. The predicted molar refractivity (Wildman–Crippen MR) is 71.7 cm³/mol. The molecular formula is C12H22N2O3S. The molecule has 1 atom stereocenters. The molecule has 1 unspecified atom stereocenters. The smallest absolute Gasteiger partial charge is 0.150 e. The van der Waals surface area contributed by atoms with Crippen molar-refractivity contribution in [3.8, 4) is 0 Å². The lowest BCUT2D eigenvalue weighted by Gasteiger charge is -2.14. The van der Waals surface area contributed by atoms with Crippen LogP contribution in [0.25, 0.3) is 0 Å². The third-order valence-corrected chi connectivity index (χ3v) is 4.79. The summed E-state index contributed by atoms with van der Waals surface area (Å²) in [7, 11) is -2.87. The van der Waals surface area contributed by atoms with E-state index in [1.807, 2.05) is 12.1 Å². The Morgan fingerprint density at radius 2 is 2.22 bits per heavy atom. The summed E-state index contributed by atoms with van der Waals surface area (Å²) in [6, 6.07) is 3.91. The minimum absolute atomic E-state index is 0.127. The van der Waals surface area contributed by atoms with Gasteiger partial charge in [-0.2, -0.15) is 0 Å². The molecule has 1 rings (SSSR count). The first kappa shape index (κ1) is 15.2. The lowest BCUT2D eigenvalue weighted by atomic mass is 10.1. The molecule has 0 bridgehead atoms. The highest BCUT2D eigenvalue weighted by Crippen LogP contribution is 2.09. The molecule has 0 aliphatic heterocycles. The summed E-state index contributed by atoms with van der Waals surface area (Å²) in [6.07, 6.45) is 4.70. The first-order valence-corrected chi connectivity index (χ1v) is 8.08. The van der Waals surface area contributed by atoms with Gasteiger partial charge in [-0.05, 0) is 31.4 Å². The molecule has 0 saturated heterocycles. The quantitative estimate of drug-likeness (QED) is 0.523. The van der Waals surface area contributed by atoms with E-state index in [0.29, 0.717) is 6.42 Å². The van der Waals surface area contributed by atoms with Gasteiger partial charge in [-0.3, -0.25) is 11.3 Å². The molecule has 18 heavy (non-hydrogen) atoms. The van der Waals surface area contributed by atoms with Gasteiger partial charge in [-0.1, -0.05) is 6.92 Å². The first-order chi connectivity index (χ1) is 8.57. The maximum Gasteiger partial charge on any atom is 0.150 e. The second-order valence-corrected chi connectivity index (χ2v) is 6.83. The van der Waals surface area contributed by atoms with E-state index in [9.17, 15) is 8.42 Å². The summed E-state index contributed by atoms with van der Waals surface area (Å²) < 4.78 is 27.9. The van der Waals surface area contributed by atoms with E-state index in [2.05, 4.69) is 5.43 Å². The Morgan fingerprint density at radius 3 is 2.78 bits per heavy atom. The highest BCUT2D eigenvalue weighted by Gasteiger charge is 2.11. The third kappa shape index (κ3) is 5.66. The summed E-state index contributed by atoms with van der Waals surface area (Å²) in [4.78, 5) is 0. The van der Waals surface area contributed by atoms with Crippen molar-refractivity contribution < 1.29 is 12.8 Å². The van der Waals surface area contributed by atoms with Crippen molar-refractivity contribution in [2.24, 2.45) is 5.84 Å². The molecule has 0 radical (unpaired) electrons. The molecule has 0 aliphatic rings. The molecule has 0 aromatic carbocycles. The molecule has 104 valence electrons. The molecular weight excluding hydrogens is 252 g/mol. The van der Waals surface area contributed by atoms with Crippen LogP contribution in [0, 0.1) is 0 Å². The molecule has 0 fully saturated rings. The number of hydrogen-bond acceptors (Lipinski definition) is 5. The highest BCUT2D eigenvalue weighted by atomic mass is 32.2. The minimum Gasteiger partial charge on any atom is -0.469 e. The van der Waals surface area contributed by atoms with Crippen LogP contribution in [-0.2, 0) is 16.3 Å². The molecule has 0 aliphatic carbocycles. The number of sulfone groups is 1. The topological polar surface area (TPSA) is 85.3 Å². The van der Waals surface area contributed by atoms with Gasteiger partial charge in [0.05, 0.1) is 12.0 Å². The number of hydrazine groups is 1. The summed E-state index contributed by atoms with van der Waals surface area (Å²) in [6.45, 7) is 1.67. The zero-order chi connectivity index (χ0) is 13.4. The second-order valence-electron chi connectivity index (χ2n) is 4.36. The van der Waals surface area contributed by atoms with Crippen molar-refractivity contribution in [2.45, 2.75) is 38.6 Å². The number of hydrogen-bond donors (Lipinski definition) is 2. The number of rotatable bonds is 9. The van der Waals surface area contributed by atoms with Crippen LogP contribution in [0.4, 0.5) is 0 Å². The summed E-state index contributed by atoms with van der Waals surface area (Å²) >= 11 is 0. The fraction of sp³-hybridized carbons (Fsp3) is 0.667. The van der Waals surface area contributed by atoms with Gasteiger partial charge in [0.15, 0.2) is 0 Å².